The molecular weight excluding hydrogens is 282 g/mol. The first-order valence-corrected chi connectivity index (χ1v) is 6.55. The molecule has 0 radical (unpaired) electrons. The third-order valence-electron chi connectivity index (χ3n) is 2.94. The molecule has 1 atom stereocenters. The van der Waals surface area contributed by atoms with Gasteiger partial charge in [0.15, 0.2) is 0 Å². The van der Waals surface area contributed by atoms with E-state index in [0.29, 0.717) is 5.92 Å². The fourth-order valence-electron chi connectivity index (χ4n) is 1.62. The molecule has 0 amide bonds. The van der Waals surface area contributed by atoms with Crippen LogP contribution in [-0.4, -0.2) is 16.5 Å². The van der Waals surface area contributed by atoms with E-state index in [2.05, 4.69) is 45.1 Å². The van der Waals surface area contributed by atoms with Crippen LogP contribution in [0.5, 0.6) is 0 Å². The summed E-state index contributed by atoms with van der Waals surface area (Å²) in [7, 11) is 0. The van der Waals surface area contributed by atoms with Gasteiger partial charge in [-0.2, -0.15) is 0 Å². The van der Waals surface area contributed by atoms with E-state index >= 15 is 0 Å². The van der Waals surface area contributed by atoms with Crippen molar-refractivity contribution < 1.29 is 0 Å². The summed E-state index contributed by atoms with van der Waals surface area (Å²) in [5, 5.41) is 3.38. The zero-order valence-electron chi connectivity index (χ0n) is 9.93. The number of anilines is 1. The first-order chi connectivity index (χ1) is 8.10. The first-order valence-electron chi connectivity index (χ1n) is 5.75. The molecule has 0 aliphatic heterocycles. The molecule has 1 heterocycles. The lowest BCUT2D eigenvalue weighted by Crippen LogP contribution is -2.10. The third-order valence-corrected chi connectivity index (χ3v) is 3.60. The zero-order valence-corrected chi connectivity index (χ0v) is 11.5. The van der Waals surface area contributed by atoms with Crippen LogP contribution in [0.25, 0.3) is 11.0 Å². The van der Waals surface area contributed by atoms with Crippen LogP contribution in [0.4, 0.5) is 5.69 Å². The standard InChI is InChI=1S/C12H16BrN3O/c1-3-7(2)6-14-9-5-11-10(4-8(9)13)15-12(17)16-11/h4-5,7,14H,3,6H2,1-2H3,(H2,15,16,17). The molecule has 92 valence electrons. The summed E-state index contributed by atoms with van der Waals surface area (Å²) in [4.78, 5) is 16.7. The van der Waals surface area contributed by atoms with Crippen molar-refractivity contribution in [1.29, 1.82) is 0 Å². The van der Waals surface area contributed by atoms with Crippen LogP contribution >= 0.6 is 15.9 Å². The predicted molar refractivity (Wildman–Crippen MR) is 74.6 cm³/mol. The minimum absolute atomic E-state index is 0.175. The van der Waals surface area contributed by atoms with Crippen molar-refractivity contribution in [3.63, 3.8) is 0 Å². The highest BCUT2D eigenvalue weighted by molar-refractivity contribution is 9.10. The normalized spacial score (nSPS) is 12.9. The fourth-order valence-corrected chi connectivity index (χ4v) is 2.10. The Kier molecular flexibility index (Phi) is 3.57. The molecule has 1 aromatic carbocycles. The first kappa shape index (κ1) is 12.2. The van der Waals surface area contributed by atoms with Gasteiger partial charge in [-0.05, 0) is 34.0 Å². The van der Waals surface area contributed by atoms with Crippen molar-refractivity contribution in [2.75, 3.05) is 11.9 Å². The summed E-state index contributed by atoms with van der Waals surface area (Å²) in [6.45, 7) is 5.31. The van der Waals surface area contributed by atoms with Crippen molar-refractivity contribution >= 4 is 32.7 Å². The maximum atomic E-state index is 11.2. The number of halogens is 1. The van der Waals surface area contributed by atoms with Crippen molar-refractivity contribution in [3.8, 4) is 0 Å². The highest BCUT2D eigenvalue weighted by atomic mass is 79.9. The van der Waals surface area contributed by atoms with E-state index in [9.17, 15) is 4.79 Å². The Bertz CT molecular complexity index is 573. The van der Waals surface area contributed by atoms with Gasteiger partial charge < -0.3 is 15.3 Å². The van der Waals surface area contributed by atoms with E-state index in [1.54, 1.807) is 0 Å². The van der Waals surface area contributed by atoms with Crippen LogP contribution in [-0.2, 0) is 0 Å². The van der Waals surface area contributed by atoms with Gasteiger partial charge in [-0.1, -0.05) is 20.3 Å². The van der Waals surface area contributed by atoms with Crippen LogP contribution in [0.2, 0.25) is 0 Å². The Labute approximate surface area is 108 Å². The average molecular weight is 298 g/mol. The number of aromatic amines is 2. The predicted octanol–water partition coefficient (Wildman–Crippen LogP) is 3.08. The lowest BCUT2D eigenvalue weighted by atomic mass is 10.1. The smallest absolute Gasteiger partial charge is 0.323 e. The fraction of sp³-hybridized carbons (Fsp3) is 0.417. The molecule has 2 aromatic rings. The lowest BCUT2D eigenvalue weighted by molar-refractivity contribution is 0.593. The average Bonchev–Trinajstić information content (AvgIpc) is 2.64. The monoisotopic (exact) mass is 297 g/mol. The molecule has 5 heteroatoms. The molecule has 0 saturated heterocycles. The highest BCUT2D eigenvalue weighted by Gasteiger charge is 2.06. The number of fused-ring (bicyclic) bond motifs is 1. The van der Waals surface area contributed by atoms with Crippen LogP contribution in [0.3, 0.4) is 0 Å². The number of aromatic nitrogens is 2. The molecule has 4 nitrogen and oxygen atoms in total. The Morgan fingerprint density at radius 1 is 1.35 bits per heavy atom. The molecule has 1 unspecified atom stereocenters. The molecule has 1 aromatic heterocycles. The SMILES string of the molecule is CCC(C)CNc1cc2[nH]c(=O)[nH]c2cc1Br. The van der Waals surface area contributed by atoms with Crippen LogP contribution in [0.15, 0.2) is 21.4 Å². The quantitative estimate of drug-likeness (QED) is 0.812. The minimum atomic E-state index is -0.175. The maximum absolute atomic E-state index is 11.2. The number of H-pyrrole nitrogens is 2. The van der Waals surface area contributed by atoms with Crippen molar-refractivity contribution in [2.45, 2.75) is 20.3 Å². The van der Waals surface area contributed by atoms with Gasteiger partial charge in [0.25, 0.3) is 0 Å². The van der Waals surface area contributed by atoms with Crippen molar-refractivity contribution in [3.05, 3.63) is 27.1 Å². The second-order valence-electron chi connectivity index (χ2n) is 4.35. The summed E-state index contributed by atoms with van der Waals surface area (Å²) < 4.78 is 0.962. The maximum Gasteiger partial charge on any atom is 0.323 e. The van der Waals surface area contributed by atoms with Crippen molar-refractivity contribution in [2.24, 2.45) is 5.92 Å². The molecule has 3 N–H and O–H groups in total. The Morgan fingerprint density at radius 3 is 2.65 bits per heavy atom. The number of hydrogen-bond acceptors (Lipinski definition) is 2. The molecule has 0 aliphatic rings. The number of benzene rings is 1. The zero-order chi connectivity index (χ0) is 12.4. The Hall–Kier alpha value is -1.23. The number of hydrogen-bond donors (Lipinski definition) is 3. The molecule has 0 bridgehead atoms. The molecule has 2 rings (SSSR count). The second kappa shape index (κ2) is 4.96. The topological polar surface area (TPSA) is 60.7 Å². The van der Waals surface area contributed by atoms with E-state index in [0.717, 1.165) is 34.2 Å². The molecule has 0 aliphatic carbocycles. The Balaban J connectivity index is 2.27. The van der Waals surface area contributed by atoms with Crippen LogP contribution in [0.1, 0.15) is 20.3 Å². The van der Waals surface area contributed by atoms with E-state index in [-0.39, 0.29) is 5.69 Å². The minimum Gasteiger partial charge on any atom is -0.384 e. The van der Waals surface area contributed by atoms with Crippen molar-refractivity contribution in [1.82, 2.24) is 9.97 Å². The number of rotatable bonds is 4. The molecule has 0 fully saturated rings. The van der Waals surface area contributed by atoms with Gasteiger partial charge in [-0.15, -0.1) is 0 Å². The highest BCUT2D eigenvalue weighted by Crippen LogP contribution is 2.26. The molecule has 0 saturated carbocycles. The van der Waals surface area contributed by atoms with Gasteiger partial charge in [0.05, 0.1) is 16.7 Å². The van der Waals surface area contributed by atoms with E-state index in [1.807, 2.05) is 12.1 Å². The van der Waals surface area contributed by atoms with Gasteiger partial charge in [0.1, 0.15) is 0 Å². The summed E-state index contributed by atoms with van der Waals surface area (Å²) >= 11 is 3.50. The van der Waals surface area contributed by atoms with E-state index in [1.165, 1.54) is 0 Å². The van der Waals surface area contributed by atoms with E-state index in [4.69, 9.17) is 0 Å². The number of imidazole rings is 1. The third kappa shape index (κ3) is 2.72. The number of nitrogens with one attached hydrogen (secondary N) is 3. The summed E-state index contributed by atoms with van der Waals surface area (Å²) in [5.41, 5.74) is 2.47. The summed E-state index contributed by atoms with van der Waals surface area (Å²) in [5.74, 6) is 0.628. The van der Waals surface area contributed by atoms with Crippen LogP contribution in [0, 0.1) is 5.92 Å². The molecule has 0 spiro atoms. The summed E-state index contributed by atoms with van der Waals surface area (Å²) in [6, 6.07) is 3.85. The molecule has 17 heavy (non-hydrogen) atoms. The lowest BCUT2D eigenvalue weighted by Gasteiger charge is -2.12. The summed E-state index contributed by atoms with van der Waals surface area (Å²) in [6.07, 6.45) is 1.15. The molecular formula is C12H16BrN3O. The largest absolute Gasteiger partial charge is 0.384 e. The van der Waals surface area contributed by atoms with Gasteiger partial charge >= 0.3 is 5.69 Å². The van der Waals surface area contributed by atoms with Gasteiger partial charge in [-0.3, -0.25) is 0 Å². The van der Waals surface area contributed by atoms with Gasteiger partial charge in [-0.25, -0.2) is 4.79 Å². The second-order valence-corrected chi connectivity index (χ2v) is 5.21. The Morgan fingerprint density at radius 2 is 2.00 bits per heavy atom. The van der Waals surface area contributed by atoms with Gasteiger partial charge in [0.2, 0.25) is 0 Å². The van der Waals surface area contributed by atoms with Gasteiger partial charge in [0, 0.05) is 11.0 Å². The van der Waals surface area contributed by atoms with Crippen LogP contribution < -0.4 is 11.0 Å². The van der Waals surface area contributed by atoms with E-state index < -0.39 is 0 Å².